The van der Waals surface area contributed by atoms with E-state index in [9.17, 15) is 18.0 Å². The van der Waals surface area contributed by atoms with Gasteiger partial charge in [-0.3, -0.25) is 9.64 Å². The lowest BCUT2D eigenvalue weighted by Crippen LogP contribution is -2.49. The number of carboxylic acid groups (broad SMARTS) is 1. The van der Waals surface area contributed by atoms with Crippen LogP contribution in [0.5, 0.6) is 0 Å². The molecule has 0 atom stereocenters. The molecule has 0 bridgehead atoms. The Morgan fingerprint density at radius 2 is 2.21 bits per heavy atom. The van der Waals surface area contributed by atoms with E-state index >= 15 is 0 Å². The van der Waals surface area contributed by atoms with E-state index in [1.165, 1.54) is 10.9 Å². The van der Waals surface area contributed by atoms with Gasteiger partial charge in [0.2, 0.25) is 0 Å². The molecule has 2 rings (SSSR count). The van der Waals surface area contributed by atoms with Gasteiger partial charge in [0.1, 0.15) is 0 Å². The maximum Gasteiger partial charge on any atom is 0.522 e. The lowest BCUT2D eigenvalue weighted by atomic mass is 10.1. The van der Waals surface area contributed by atoms with Crippen molar-refractivity contribution in [2.75, 3.05) is 26.2 Å². The SMILES string of the molecule is O=C(O)c1cn(C2CN(CCOC(F)(F)F)C2)nn1. The van der Waals surface area contributed by atoms with E-state index in [0.29, 0.717) is 13.1 Å². The molecular formula is C9H11F3N4O3. The van der Waals surface area contributed by atoms with Crippen LogP contribution in [-0.4, -0.2) is 63.6 Å². The van der Waals surface area contributed by atoms with Crippen LogP contribution in [-0.2, 0) is 4.74 Å². The summed E-state index contributed by atoms with van der Waals surface area (Å²) in [6.07, 6.45) is -3.30. The highest BCUT2D eigenvalue weighted by molar-refractivity contribution is 5.84. The van der Waals surface area contributed by atoms with Gasteiger partial charge < -0.3 is 5.11 Å². The Morgan fingerprint density at radius 1 is 1.53 bits per heavy atom. The summed E-state index contributed by atoms with van der Waals surface area (Å²) in [4.78, 5) is 12.3. The highest BCUT2D eigenvalue weighted by Crippen LogP contribution is 2.21. The van der Waals surface area contributed by atoms with Crippen molar-refractivity contribution in [3.63, 3.8) is 0 Å². The number of likely N-dealkylation sites (tertiary alicyclic amines) is 1. The van der Waals surface area contributed by atoms with Gasteiger partial charge in [0.25, 0.3) is 0 Å². The Hall–Kier alpha value is -1.68. The highest BCUT2D eigenvalue weighted by atomic mass is 19.4. The van der Waals surface area contributed by atoms with Gasteiger partial charge >= 0.3 is 12.3 Å². The first-order valence-corrected chi connectivity index (χ1v) is 5.43. The predicted octanol–water partition coefficient (Wildman–Crippen LogP) is 0.369. The molecule has 0 spiro atoms. The summed E-state index contributed by atoms with van der Waals surface area (Å²) in [6, 6.07) is -0.0634. The number of halogens is 3. The average Bonchev–Trinajstić information content (AvgIpc) is 2.68. The minimum atomic E-state index is -4.60. The summed E-state index contributed by atoms with van der Waals surface area (Å²) in [5.41, 5.74) is -0.154. The monoisotopic (exact) mass is 280 g/mol. The van der Waals surface area contributed by atoms with E-state index in [2.05, 4.69) is 15.0 Å². The van der Waals surface area contributed by atoms with Gasteiger partial charge in [-0.05, 0) is 0 Å². The fourth-order valence-corrected chi connectivity index (χ4v) is 1.74. The van der Waals surface area contributed by atoms with Crippen molar-refractivity contribution in [2.45, 2.75) is 12.4 Å². The molecule has 0 aliphatic carbocycles. The number of hydrogen-bond acceptors (Lipinski definition) is 5. The minimum Gasteiger partial charge on any atom is -0.476 e. The zero-order valence-corrected chi connectivity index (χ0v) is 9.67. The number of ether oxygens (including phenoxy) is 1. The molecule has 1 aromatic heterocycles. The molecule has 0 radical (unpaired) electrons. The summed E-state index contributed by atoms with van der Waals surface area (Å²) in [5.74, 6) is -1.17. The third-order valence-corrected chi connectivity index (χ3v) is 2.71. The zero-order valence-electron chi connectivity index (χ0n) is 9.67. The largest absolute Gasteiger partial charge is 0.522 e. The second-order valence-corrected chi connectivity index (χ2v) is 4.10. The molecule has 0 aromatic carbocycles. The summed E-state index contributed by atoms with van der Waals surface area (Å²) >= 11 is 0. The first-order valence-electron chi connectivity index (χ1n) is 5.43. The molecular weight excluding hydrogens is 269 g/mol. The molecule has 1 fully saturated rings. The van der Waals surface area contributed by atoms with Gasteiger partial charge in [0.15, 0.2) is 5.69 Å². The Kier molecular flexibility index (Phi) is 3.71. The first-order chi connectivity index (χ1) is 8.85. The topological polar surface area (TPSA) is 80.5 Å². The van der Waals surface area contributed by atoms with Crippen molar-refractivity contribution in [2.24, 2.45) is 0 Å². The Labute approximate surface area is 105 Å². The molecule has 0 unspecified atom stereocenters. The highest BCUT2D eigenvalue weighted by Gasteiger charge is 2.32. The average molecular weight is 280 g/mol. The molecule has 1 aromatic rings. The second-order valence-electron chi connectivity index (χ2n) is 4.10. The Bertz CT molecular complexity index is 456. The summed E-state index contributed by atoms with van der Waals surface area (Å²) in [5, 5.41) is 15.8. The van der Waals surface area contributed by atoms with Gasteiger partial charge in [0.05, 0.1) is 18.8 Å². The lowest BCUT2D eigenvalue weighted by Gasteiger charge is -2.38. The third kappa shape index (κ3) is 3.64. The van der Waals surface area contributed by atoms with Crippen LogP contribution in [0.25, 0.3) is 0 Å². The van der Waals surface area contributed by atoms with Gasteiger partial charge in [-0.2, -0.15) is 0 Å². The molecule has 1 saturated heterocycles. The van der Waals surface area contributed by atoms with Gasteiger partial charge in [-0.15, -0.1) is 18.3 Å². The number of aromatic carboxylic acids is 1. The van der Waals surface area contributed by atoms with Crippen molar-refractivity contribution >= 4 is 5.97 Å². The van der Waals surface area contributed by atoms with E-state index in [-0.39, 0.29) is 18.3 Å². The normalized spacial score (nSPS) is 17.4. The Balaban J connectivity index is 1.72. The van der Waals surface area contributed by atoms with Crippen LogP contribution in [0.15, 0.2) is 6.20 Å². The fraction of sp³-hybridized carbons (Fsp3) is 0.667. The Morgan fingerprint density at radius 3 is 2.74 bits per heavy atom. The maximum absolute atomic E-state index is 11.7. The predicted molar refractivity (Wildman–Crippen MR) is 54.5 cm³/mol. The van der Waals surface area contributed by atoms with Crippen molar-refractivity contribution < 1.29 is 27.8 Å². The number of aromatic nitrogens is 3. The first kappa shape index (κ1) is 13.7. The number of alkyl halides is 3. The zero-order chi connectivity index (χ0) is 14.0. The molecule has 0 amide bonds. The van der Waals surface area contributed by atoms with Crippen LogP contribution in [0.2, 0.25) is 0 Å². The van der Waals surface area contributed by atoms with E-state index in [1.807, 2.05) is 0 Å². The summed E-state index contributed by atoms with van der Waals surface area (Å²) in [7, 11) is 0. The molecule has 2 heterocycles. The molecule has 1 N–H and O–H groups in total. The number of rotatable bonds is 5. The van der Waals surface area contributed by atoms with Gasteiger partial charge in [-0.1, -0.05) is 5.21 Å². The second kappa shape index (κ2) is 5.13. The van der Waals surface area contributed by atoms with Crippen molar-refractivity contribution in [1.29, 1.82) is 0 Å². The molecule has 19 heavy (non-hydrogen) atoms. The van der Waals surface area contributed by atoms with Gasteiger partial charge in [0, 0.05) is 19.6 Å². The van der Waals surface area contributed by atoms with E-state index in [1.54, 1.807) is 4.90 Å². The number of hydrogen-bond donors (Lipinski definition) is 1. The summed E-state index contributed by atoms with van der Waals surface area (Å²) in [6.45, 7) is 0.720. The van der Waals surface area contributed by atoms with Crippen molar-refractivity contribution in [3.8, 4) is 0 Å². The molecule has 10 heteroatoms. The molecule has 1 aliphatic heterocycles. The third-order valence-electron chi connectivity index (χ3n) is 2.71. The van der Waals surface area contributed by atoms with Crippen molar-refractivity contribution in [1.82, 2.24) is 19.9 Å². The van der Waals surface area contributed by atoms with Crippen LogP contribution in [0.3, 0.4) is 0 Å². The van der Waals surface area contributed by atoms with Gasteiger partial charge in [-0.25, -0.2) is 9.48 Å². The molecule has 106 valence electrons. The number of nitrogens with zero attached hydrogens (tertiary/aromatic N) is 4. The van der Waals surface area contributed by atoms with Crippen molar-refractivity contribution in [3.05, 3.63) is 11.9 Å². The van der Waals surface area contributed by atoms with Crippen LogP contribution in [0.1, 0.15) is 16.5 Å². The molecule has 7 nitrogen and oxygen atoms in total. The van der Waals surface area contributed by atoms with Crippen LogP contribution < -0.4 is 0 Å². The standard InChI is InChI=1S/C9H11F3N4O3/c10-9(11,12)19-2-1-15-3-6(4-15)16-5-7(8(17)18)13-14-16/h5-6H,1-4H2,(H,17,18). The lowest BCUT2D eigenvalue weighted by molar-refractivity contribution is -0.325. The number of carbonyl (C=O) groups is 1. The minimum absolute atomic E-state index is 0.0634. The van der Waals surface area contributed by atoms with E-state index in [4.69, 9.17) is 5.11 Å². The molecule has 1 aliphatic rings. The van der Waals surface area contributed by atoms with E-state index in [0.717, 1.165) is 0 Å². The fourth-order valence-electron chi connectivity index (χ4n) is 1.74. The quantitative estimate of drug-likeness (QED) is 0.839. The summed E-state index contributed by atoms with van der Waals surface area (Å²) < 4.78 is 40.3. The molecule has 0 saturated carbocycles. The smallest absolute Gasteiger partial charge is 0.476 e. The maximum atomic E-state index is 11.7. The van der Waals surface area contributed by atoms with Crippen LogP contribution in [0.4, 0.5) is 13.2 Å². The van der Waals surface area contributed by atoms with E-state index < -0.39 is 18.9 Å². The number of carboxylic acids is 1. The van der Waals surface area contributed by atoms with Crippen LogP contribution in [0, 0.1) is 0 Å². The van der Waals surface area contributed by atoms with Crippen LogP contribution >= 0.6 is 0 Å².